The summed E-state index contributed by atoms with van der Waals surface area (Å²) in [7, 11) is 1.55. The van der Waals surface area contributed by atoms with Crippen LogP contribution in [0.2, 0.25) is 0 Å². The van der Waals surface area contributed by atoms with Crippen LogP contribution in [0.3, 0.4) is 0 Å². The van der Waals surface area contributed by atoms with Crippen LogP contribution in [0.15, 0.2) is 22.8 Å². The molecule has 1 aromatic heterocycles. The maximum Gasteiger partial charge on any atom is 0.315 e. The highest BCUT2D eigenvalue weighted by Crippen LogP contribution is 2.15. The first kappa shape index (κ1) is 16.5. The lowest BCUT2D eigenvalue weighted by atomic mass is 9.93. The molecule has 1 rings (SSSR count). The van der Waals surface area contributed by atoms with Crippen molar-refractivity contribution in [1.82, 2.24) is 10.6 Å². The van der Waals surface area contributed by atoms with Crippen molar-refractivity contribution in [3.8, 4) is 0 Å². The summed E-state index contributed by atoms with van der Waals surface area (Å²) in [4.78, 5) is 11.9. The Morgan fingerprint density at radius 3 is 2.75 bits per heavy atom. The fraction of sp³-hybridized carbons (Fsp3) is 0.643. The molecule has 0 bridgehead atoms. The summed E-state index contributed by atoms with van der Waals surface area (Å²) in [5.74, 6) is 0.667. The Morgan fingerprint density at radius 2 is 2.25 bits per heavy atom. The van der Waals surface area contributed by atoms with Crippen LogP contribution in [-0.2, 0) is 4.74 Å². The molecule has 6 heteroatoms. The SMILES string of the molecule is COCC(NC(=O)NCC(C)(O)C(C)C)c1ccco1. The zero-order valence-electron chi connectivity index (χ0n) is 12.5. The lowest BCUT2D eigenvalue weighted by Gasteiger charge is -2.28. The third kappa shape index (κ3) is 4.86. The summed E-state index contributed by atoms with van der Waals surface area (Å²) in [6, 6.07) is 2.79. The van der Waals surface area contributed by atoms with Crippen LogP contribution in [0, 0.1) is 5.92 Å². The van der Waals surface area contributed by atoms with Gasteiger partial charge < -0.3 is 24.9 Å². The first-order chi connectivity index (χ1) is 9.36. The van der Waals surface area contributed by atoms with Crippen LogP contribution in [0.4, 0.5) is 4.79 Å². The molecule has 114 valence electrons. The van der Waals surface area contributed by atoms with Crippen LogP contribution in [0.25, 0.3) is 0 Å². The minimum Gasteiger partial charge on any atom is -0.467 e. The molecular formula is C14H24N2O4. The predicted octanol–water partition coefficient (Wildman–Crippen LogP) is 1.67. The maximum absolute atomic E-state index is 11.9. The lowest BCUT2D eigenvalue weighted by Crippen LogP contribution is -2.48. The van der Waals surface area contributed by atoms with E-state index in [-0.39, 0.29) is 24.5 Å². The first-order valence-corrected chi connectivity index (χ1v) is 6.66. The van der Waals surface area contributed by atoms with E-state index in [9.17, 15) is 9.90 Å². The van der Waals surface area contributed by atoms with Gasteiger partial charge >= 0.3 is 6.03 Å². The molecule has 0 aliphatic carbocycles. The quantitative estimate of drug-likeness (QED) is 0.711. The second-order valence-corrected chi connectivity index (χ2v) is 5.36. The number of urea groups is 1. The number of furan rings is 1. The first-order valence-electron chi connectivity index (χ1n) is 6.66. The highest BCUT2D eigenvalue weighted by molar-refractivity contribution is 5.74. The second-order valence-electron chi connectivity index (χ2n) is 5.36. The van der Waals surface area contributed by atoms with Crippen molar-refractivity contribution in [2.45, 2.75) is 32.4 Å². The molecule has 6 nitrogen and oxygen atoms in total. The van der Waals surface area contributed by atoms with Gasteiger partial charge in [0.1, 0.15) is 11.8 Å². The minimum absolute atomic E-state index is 0.0441. The van der Waals surface area contributed by atoms with Crippen molar-refractivity contribution in [2.24, 2.45) is 5.92 Å². The number of ether oxygens (including phenoxy) is 1. The van der Waals surface area contributed by atoms with Gasteiger partial charge in [0.15, 0.2) is 0 Å². The fourth-order valence-corrected chi connectivity index (χ4v) is 1.52. The van der Waals surface area contributed by atoms with Crippen LogP contribution in [-0.4, -0.2) is 37.0 Å². The van der Waals surface area contributed by atoms with E-state index in [2.05, 4.69) is 10.6 Å². The van der Waals surface area contributed by atoms with Gasteiger partial charge in [0, 0.05) is 13.7 Å². The molecule has 20 heavy (non-hydrogen) atoms. The molecule has 0 saturated carbocycles. The standard InChI is InChI=1S/C14H24N2O4/c1-10(2)14(3,18)9-15-13(17)16-11(8-19-4)12-6-5-7-20-12/h5-7,10-11,18H,8-9H2,1-4H3,(H2,15,16,17). The monoisotopic (exact) mass is 284 g/mol. The van der Waals surface area contributed by atoms with E-state index >= 15 is 0 Å². The fourth-order valence-electron chi connectivity index (χ4n) is 1.52. The van der Waals surface area contributed by atoms with Gasteiger partial charge in [0.05, 0.1) is 18.5 Å². The molecule has 1 heterocycles. The summed E-state index contributed by atoms with van der Waals surface area (Å²) in [5.41, 5.74) is -0.946. The largest absolute Gasteiger partial charge is 0.467 e. The van der Waals surface area contributed by atoms with Crippen molar-refractivity contribution in [3.63, 3.8) is 0 Å². The highest BCUT2D eigenvalue weighted by Gasteiger charge is 2.26. The molecule has 3 N–H and O–H groups in total. The predicted molar refractivity (Wildman–Crippen MR) is 75.3 cm³/mol. The topological polar surface area (TPSA) is 83.7 Å². The van der Waals surface area contributed by atoms with E-state index in [0.29, 0.717) is 12.4 Å². The normalized spacial score (nSPS) is 15.7. The van der Waals surface area contributed by atoms with E-state index in [1.165, 1.54) is 0 Å². The van der Waals surface area contributed by atoms with Crippen LogP contribution in [0.1, 0.15) is 32.6 Å². The number of carbonyl (C=O) groups excluding carboxylic acids is 1. The number of hydrogen-bond donors (Lipinski definition) is 3. The van der Waals surface area contributed by atoms with Gasteiger partial charge in [-0.25, -0.2) is 4.79 Å². The Hall–Kier alpha value is -1.53. The minimum atomic E-state index is -0.946. The maximum atomic E-state index is 11.9. The van der Waals surface area contributed by atoms with Crippen LogP contribution < -0.4 is 10.6 Å². The molecule has 2 atom stereocenters. The average Bonchev–Trinajstić information content (AvgIpc) is 2.89. The molecule has 0 aliphatic heterocycles. The Bertz CT molecular complexity index is 401. The molecule has 0 fully saturated rings. The summed E-state index contributed by atoms with van der Waals surface area (Å²) in [6.07, 6.45) is 1.54. The number of carbonyl (C=O) groups is 1. The number of amides is 2. The number of hydrogen-bond acceptors (Lipinski definition) is 4. The third-order valence-corrected chi connectivity index (χ3v) is 3.38. The van der Waals surface area contributed by atoms with Gasteiger partial charge in [0.2, 0.25) is 0 Å². The number of methoxy groups -OCH3 is 1. The van der Waals surface area contributed by atoms with Gasteiger partial charge in [-0.1, -0.05) is 13.8 Å². The molecule has 2 unspecified atom stereocenters. The van der Waals surface area contributed by atoms with E-state index < -0.39 is 5.60 Å². The summed E-state index contributed by atoms with van der Waals surface area (Å²) in [6.45, 7) is 5.97. The van der Waals surface area contributed by atoms with Crippen molar-refractivity contribution in [3.05, 3.63) is 24.2 Å². The Balaban J connectivity index is 2.51. The van der Waals surface area contributed by atoms with Gasteiger partial charge in [0.25, 0.3) is 0 Å². The number of rotatable bonds is 7. The van der Waals surface area contributed by atoms with E-state index in [4.69, 9.17) is 9.15 Å². The summed E-state index contributed by atoms with van der Waals surface area (Å²) < 4.78 is 10.3. The molecule has 1 aromatic rings. The molecule has 0 spiro atoms. The summed E-state index contributed by atoms with van der Waals surface area (Å²) in [5, 5.41) is 15.5. The lowest BCUT2D eigenvalue weighted by molar-refractivity contribution is 0.0164. The van der Waals surface area contributed by atoms with Crippen molar-refractivity contribution < 1.29 is 19.1 Å². The van der Waals surface area contributed by atoms with E-state index in [0.717, 1.165) is 0 Å². The average molecular weight is 284 g/mol. The van der Waals surface area contributed by atoms with Crippen molar-refractivity contribution in [2.75, 3.05) is 20.3 Å². The van der Waals surface area contributed by atoms with Gasteiger partial charge in [-0.2, -0.15) is 0 Å². The molecule has 2 amide bonds. The molecule has 0 radical (unpaired) electrons. The van der Waals surface area contributed by atoms with Crippen LogP contribution in [0.5, 0.6) is 0 Å². The van der Waals surface area contributed by atoms with E-state index in [1.54, 1.807) is 32.4 Å². The highest BCUT2D eigenvalue weighted by atomic mass is 16.5. The van der Waals surface area contributed by atoms with Gasteiger partial charge in [-0.3, -0.25) is 0 Å². The Kier molecular flexibility index (Phi) is 6.04. The molecular weight excluding hydrogens is 260 g/mol. The zero-order valence-corrected chi connectivity index (χ0v) is 12.5. The van der Waals surface area contributed by atoms with Crippen molar-refractivity contribution in [1.29, 1.82) is 0 Å². The summed E-state index contributed by atoms with van der Waals surface area (Å²) >= 11 is 0. The van der Waals surface area contributed by atoms with Gasteiger partial charge in [-0.05, 0) is 25.0 Å². The third-order valence-electron chi connectivity index (χ3n) is 3.38. The second kappa shape index (κ2) is 7.31. The van der Waals surface area contributed by atoms with Crippen LogP contribution >= 0.6 is 0 Å². The Labute approximate surface area is 119 Å². The van der Waals surface area contributed by atoms with Crippen molar-refractivity contribution >= 4 is 6.03 Å². The smallest absolute Gasteiger partial charge is 0.315 e. The number of aliphatic hydroxyl groups is 1. The molecule has 0 aliphatic rings. The van der Waals surface area contributed by atoms with Gasteiger partial charge in [-0.15, -0.1) is 0 Å². The molecule has 0 saturated heterocycles. The zero-order chi connectivity index (χ0) is 15.2. The molecule has 0 aromatic carbocycles. The Morgan fingerprint density at radius 1 is 1.55 bits per heavy atom. The number of nitrogens with one attached hydrogen (secondary N) is 2. The van der Waals surface area contributed by atoms with E-state index in [1.807, 2.05) is 13.8 Å².